The summed E-state index contributed by atoms with van der Waals surface area (Å²) in [6, 6.07) is 13.5. The van der Waals surface area contributed by atoms with Gasteiger partial charge in [-0.3, -0.25) is 9.59 Å². The predicted octanol–water partition coefficient (Wildman–Crippen LogP) is 3.78. The number of ether oxygens (including phenoxy) is 1. The number of thioether (sulfide) groups is 1. The highest BCUT2D eigenvalue weighted by molar-refractivity contribution is 7.99. The van der Waals surface area contributed by atoms with E-state index in [0.29, 0.717) is 28.8 Å². The fourth-order valence-corrected chi connectivity index (χ4v) is 4.03. The number of allylic oxidation sites excluding steroid dienone is 1. The molecular weight excluding hydrogens is 466 g/mol. The van der Waals surface area contributed by atoms with Gasteiger partial charge in [0, 0.05) is 12.1 Å². The SMILES string of the molecule is C=CCn1c(SCC(=O)Nc2ccccc2C(=O)OC)nnc1[C@@H](C)NC(=O)c1ccc(C)cc1. The molecule has 0 saturated heterocycles. The highest BCUT2D eigenvalue weighted by Crippen LogP contribution is 2.22. The first-order valence-electron chi connectivity index (χ1n) is 10.9. The van der Waals surface area contributed by atoms with Crippen molar-refractivity contribution in [3.8, 4) is 0 Å². The summed E-state index contributed by atoms with van der Waals surface area (Å²) in [5, 5.41) is 14.6. The number of esters is 1. The van der Waals surface area contributed by atoms with Crippen LogP contribution in [-0.2, 0) is 16.1 Å². The van der Waals surface area contributed by atoms with Gasteiger partial charge in [-0.15, -0.1) is 16.8 Å². The van der Waals surface area contributed by atoms with Crippen LogP contribution < -0.4 is 10.6 Å². The highest BCUT2D eigenvalue weighted by Gasteiger charge is 2.21. The molecule has 0 unspecified atom stereocenters. The zero-order valence-corrected chi connectivity index (χ0v) is 20.6. The molecule has 182 valence electrons. The lowest BCUT2D eigenvalue weighted by molar-refractivity contribution is -0.113. The predicted molar refractivity (Wildman–Crippen MR) is 134 cm³/mol. The summed E-state index contributed by atoms with van der Waals surface area (Å²) in [5.41, 5.74) is 2.25. The van der Waals surface area contributed by atoms with Crippen molar-refractivity contribution in [3.05, 3.63) is 83.7 Å². The molecular formula is C25H27N5O4S. The van der Waals surface area contributed by atoms with Gasteiger partial charge in [0.15, 0.2) is 11.0 Å². The molecule has 10 heteroatoms. The summed E-state index contributed by atoms with van der Waals surface area (Å²) in [5.74, 6) is -0.491. The molecule has 2 N–H and O–H groups in total. The summed E-state index contributed by atoms with van der Waals surface area (Å²) in [6.07, 6.45) is 1.69. The van der Waals surface area contributed by atoms with Crippen LogP contribution in [0.15, 0.2) is 66.3 Å². The monoisotopic (exact) mass is 493 g/mol. The van der Waals surface area contributed by atoms with Crippen LogP contribution in [0.3, 0.4) is 0 Å². The zero-order chi connectivity index (χ0) is 25.4. The van der Waals surface area contributed by atoms with E-state index < -0.39 is 12.0 Å². The van der Waals surface area contributed by atoms with E-state index in [1.165, 1.54) is 18.9 Å². The Hall–Kier alpha value is -3.92. The Labute approximate surface area is 208 Å². The maximum atomic E-state index is 12.6. The van der Waals surface area contributed by atoms with Crippen molar-refractivity contribution in [1.82, 2.24) is 20.1 Å². The van der Waals surface area contributed by atoms with Crippen molar-refractivity contribution < 1.29 is 19.1 Å². The van der Waals surface area contributed by atoms with Gasteiger partial charge in [-0.2, -0.15) is 0 Å². The minimum Gasteiger partial charge on any atom is -0.465 e. The number of nitrogens with one attached hydrogen (secondary N) is 2. The number of benzene rings is 2. The Balaban J connectivity index is 1.68. The number of para-hydroxylation sites is 1. The lowest BCUT2D eigenvalue weighted by atomic mass is 10.1. The molecule has 0 aliphatic rings. The molecule has 9 nitrogen and oxygen atoms in total. The lowest BCUT2D eigenvalue weighted by Gasteiger charge is -2.15. The number of carbonyl (C=O) groups excluding carboxylic acids is 3. The van der Waals surface area contributed by atoms with Crippen molar-refractivity contribution >= 4 is 35.2 Å². The van der Waals surface area contributed by atoms with E-state index in [9.17, 15) is 14.4 Å². The number of hydrogen-bond donors (Lipinski definition) is 2. The first-order valence-corrected chi connectivity index (χ1v) is 11.8. The first-order chi connectivity index (χ1) is 16.8. The van der Waals surface area contributed by atoms with Crippen molar-refractivity contribution in [2.75, 3.05) is 18.2 Å². The molecule has 0 spiro atoms. The maximum Gasteiger partial charge on any atom is 0.339 e. The number of aryl methyl sites for hydroxylation is 1. The second kappa shape index (κ2) is 12.0. The number of nitrogens with zero attached hydrogens (tertiary/aromatic N) is 3. The molecule has 1 atom stereocenters. The maximum absolute atomic E-state index is 12.6. The van der Waals surface area contributed by atoms with Gasteiger partial charge in [-0.1, -0.05) is 47.7 Å². The van der Waals surface area contributed by atoms with Gasteiger partial charge in [0.05, 0.1) is 30.2 Å². The molecule has 2 aromatic carbocycles. The van der Waals surface area contributed by atoms with Gasteiger partial charge in [0.25, 0.3) is 5.91 Å². The van der Waals surface area contributed by atoms with Crippen molar-refractivity contribution in [1.29, 1.82) is 0 Å². The summed E-state index contributed by atoms with van der Waals surface area (Å²) < 4.78 is 6.56. The first kappa shape index (κ1) is 25.7. The summed E-state index contributed by atoms with van der Waals surface area (Å²) >= 11 is 1.19. The number of carbonyl (C=O) groups is 3. The van der Waals surface area contributed by atoms with Gasteiger partial charge in [-0.25, -0.2) is 4.79 Å². The number of methoxy groups -OCH3 is 1. The Kier molecular flexibility index (Phi) is 8.80. The molecule has 1 heterocycles. The number of rotatable bonds is 10. The third-order valence-corrected chi connectivity index (χ3v) is 6.01. The van der Waals surface area contributed by atoms with E-state index in [1.54, 1.807) is 47.0 Å². The molecule has 35 heavy (non-hydrogen) atoms. The van der Waals surface area contributed by atoms with E-state index in [1.807, 2.05) is 26.0 Å². The molecule has 3 aromatic rings. The summed E-state index contributed by atoms with van der Waals surface area (Å²) in [4.78, 5) is 37.1. The average Bonchev–Trinajstić information content (AvgIpc) is 3.26. The minimum absolute atomic E-state index is 0.0366. The number of anilines is 1. The van der Waals surface area contributed by atoms with Gasteiger partial charge in [0.1, 0.15) is 0 Å². The average molecular weight is 494 g/mol. The highest BCUT2D eigenvalue weighted by atomic mass is 32.2. The summed E-state index contributed by atoms with van der Waals surface area (Å²) in [7, 11) is 1.28. The number of hydrogen-bond acceptors (Lipinski definition) is 7. The van der Waals surface area contributed by atoms with Gasteiger partial charge < -0.3 is 19.9 Å². The Morgan fingerprint density at radius 3 is 2.54 bits per heavy atom. The van der Waals surface area contributed by atoms with E-state index in [4.69, 9.17) is 4.74 Å². The van der Waals surface area contributed by atoms with Crippen molar-refractivity contribution in [3.63, 3.8) is 0 Å². The normalized spacial score (nSPS) is 11.4. The van der Waals surface area contributed by atoms with E-state index >= 15 is 0 Å². The second-order valence-corrected chi connectivity index (χ2v) is 8.62. The van der Waals surface area contributed by atoms with E-state index in [0.717, 1.165) is 5.56 Å². The van der Waals surface area contributed by atoms with Crippen LogP contribution in [-0.4, -0.2) is 45.4 Å². The van der Waals surface area contributed by atoms with Gasteiger partial charge in [-0.05, 0) is 38.1 Å². The van der Waals surface area contributed by atoms with Crippen LogP contribution >= 0.6 is 11.8 Å². The lowest BCUT2D eigenvalue weighted by Crippen LogP contribution is -2.28. The van der Waals surface area contributed by atoms with Gasteiger partial charge >= 0.3 is 5.97 Å². The fourth-order valence-electron chi connectivity index (χ4n) is 3.27. The fraction of sp³-hybridized carbons (Fsp3) is 0.240. The van der Waals surface area contributed by atoms with Gasteiger partial charge in [0.2, 0.25) is 5.91 Å². The molecule has 3 rings (SSSR count). The van der Waals surface area contributed by atoms with Crippen LogP contribution in [0.4, 0.5) is 5.69 Å². The number of aromatic nitrogens is 3. The topological polar surface area (TPSA) is 115 Å². The molecule has 2 amide bonds. The second-order valence-electron chi connectivity index (χ2n) is 7.68. The van der Waals surface area contributed by atoms with Crippen molar-refractivity contribution in [2.45, 2.75) is 31.6 Å². The molecule has 0 fully saturated rings. The Morgan fingerprint density at radius 2 is 1.86 bits per heavy atom. The molecule has 0 saturated carbocycles. The molecule has 0 aliphatic heterocycles. The standard InChI is InChI=1S/C25H27N5O4S/c1-5-14-30-22(17(3)26-23(32)18-12-10-16(2)11-13-18)28-29-25(30)35-15-21(31)27-20-9-7-6-8-19(20)24(33)34-4/h5-13,17H,1,14-15H2,2-4H3,(H,26,32)(H,27,31)/t17-/m1/s1. The Bertz CT molecular complexity index is 1220. The van der Waals surface area contributed by atoms with Crippen LogP contribution in [0, 0.1) is 6.92 Å². The van der Waals surface area contributed by atoms with Crippen LogP contribution in [0.25, 0.3) is 0 Å². The third-order valence-electron chi connectivity index (χ3n) is 5.04. The van der Waals surface area contributed by atoms with E-state index in [-0.39, 0.29) is 23.1 Å². The zero-order valence-electron chi connectivity index (χ0n) is 19.8. The smallest absolute Gasteiger partial charge is 0.339 e. The molecule has 0 radical (unpaired) electrons. The van der Waals surface area contributed by atoms with Crippen LogP contribution in [0.2, 0.25) is 0 Å². The quantitative estimate of drug-likeness (QED) is 0.251. The minimum atomic E-state index is -0.536. The number of amides is 2. The van der Waals surface area contributed by atoms with Crippen LogP contribution in [0.1, 0.15) is 45.1 Å². The molecule has 1 aromatic heterocycles. The van der Waals surface area contributed by atoms with E-state index in [2.05, 4.69) is 27.4 Å². The largest absolute Gasteiger partial charge is 0.465 e. The third kappa shape index (κ3) is 6.57. The molecule has 0 aliphatic carbocycles. The summed E-state index contributed by atoms with van der Waals surface area (Å²) in [6.45, 7) is 7.97. The Morgan fingerprint density at radius 1 is 1.14 bits per heavy atom. The van der Waals surface area contributed by atoms with Crippen molar-refractivity contribution in [2.24, 2.45) is 0 Å². The van der Waals surface area contributed by atoms with Crippen LogP contribution in [0.5, 0.6) is 0 Å². The molecule has 0 bridgehead atoms.